The van der Waals surface area contributed by atoms with E-state index < -0.39 is 0 Å². The lowest BCUT2D eigenvalue weighted by molar-refractivity contribution is 0.0965. The van der Waals surface area contributed by atoms with Gasteiger partial charge < -0.3 is 21.3 Å². The molecule has 1 saturated heterocycles. The number of carbonyl (C=O) groups excluding carboxylic acids is 1. The summed E-state index contributed by atoms with van der Waals surface area (Å²) in [5.41, 5.74) is 6.21. The average molecular weight is 269 g/mol. The standard InChI is InChI=1S/C11H19N5OS/c1-13-10(17)8-9(12)15-18-11(8)14-7-4-3-5-16(2)6-7/h7,14H,3-6H2,1-2H3,(H2,12,15)(H,13,17). The fourth-order valence-electron chi connectivity index (χ4n) is 2.21. The SMILES string of the molecule is CNC(=O)c1c(N)nsc1NC1CCCN(C)C1. The first kappa shape index (κ1) is 13.1. The van der Waals surface area contributed by atoms with Gasteiger partial charge in [0.1, 0.15) is 10.6 Å². The second-order valence-electron chi connectivity index (χ2n) is 4.60. The largest absolute Gasteiger partial charge is 0.382 e. The van der Waals surface area contributed by atoms with E-state index >= 15 is 0 Å². The Kier molecular flexibility index (Phi) is 4.03. The summed E-state index contributed by atoms with van der Waals surface area (Å²) in [4.78, 5) is 14.0. The maximum absolute atomic E-state index is 11.7. The van der Waals surface area contributed by atoms with Gasteiger partial charge in [-0.2, -0.15) is 4.37 Å². The molecule has 2 heterocycles. The van der Waals surface area contributed by atoms with Crippen molar-refractivity contribution in [3.8, 4) is 0 Å². The maximum Gasteiger partial charge on any atom is 0.257 e. The van der Waals surface area contributed by atoms with Crippen molar-refractivity contribution in [1.29, 1.82) is 0 Å². The maximum atomic E-state index is 11.7. The molecule has 1 aliphatic rings. The van der Waals surface area contributed by atoms with Gasteiger partial charge in [0.2, 0.25) is 0 Å². The van der Waals surface area contributed by atoms with Gasteiger partial charge in [-0.05, 0) is 38.0 Å². The minimum atomic E-state index is -0.187. The Morgan fingerprint density at radius 1 is 1.61 bits per heavy atom. The van der Waals surface area contributed by atoms with Crippen molar-refractivity contribution in [2.45, 2.75) is 18.9 Å². The predicted molar refractivity (Wildman–Crippen MR) is 74.1 cm³/mol. The second kappa shape index (κ2) is 5.53. The van der Waals surface area contributed by atoms with Crippen LogP contribution in [0.5, 0.6) is 0 Å². The van der Waals surface area contributed by atoms with E-state index in [0.29, 0.717) is 17.4 Å². The van der Waals surface area contributed by atoms with E-state index in [1.807, 2.05) is 0 Å². The van der Waals surface area contributed by atoms with Crippen molar-refractivity contribution in [3.63, 3.8) is 0 Å². The molecule has 18 heavy (non-hydrogen) atoms. The highest BCUT2D eigenvalue weighted by Crippen LogP contribution is 2.28. The number of rotatable bonds is 3. The number of hydrogen-bond acceptors (Lipinski definition) is 6. The second-order valence-corrected chi connectivity index (χ2v) is 5.37. The first-order chi connectivity index (χ1) is 8.61. The number of piperidine rings is 1. The summed E-state index contributed by atoms with van der Waals surface area (Å²) in [5.74, 6) is 0.110. The normalized spacial score (nSPS) is 20.7. The van der Waals surface area contributed by atoms with Gasteiger partial charge >= 0.3 is 0 Å². The number of hydrogen-bond donors (Lipinski definition) is 3. The van der Waals surface area contributed by atoms with E-state index in [1.54, 1.807) is 7.05 Å². The van der Waals surface area contributed by atoms with Crippen LogP contribution in [0.1, 0.15) is 23.2 Å². The fourth-order valence-corrected chi connectivity index (χ4v) is 3.00. The highest BCUT2D eigenvalue weighted by Gasteiger charge is 2.23. The molecule has 0 spiro atoms. The number of anilines is 2. The number of aromatic nitrogens is 1. The molecule has 1 fully saturated rings. The molecule has 0 radical (unpaired) electrons. The summed E-state index contributed by atoms with van der Waals surface area (Å²) in [6.07, 6.45) is 2.27. The van der Waals surface area contributed by atoms with Gasteiger partial charge in [0.05, 0.1) is 0 Å². The van der Waals surface area contributed by atoms with Crippen molar-refractivity contribution in [2.75, 3.05) is 38.2 Å². The number of likely N-dealkylation sites (tertiary alicyclic amines) is 1. The number of likely N-dealkylation sites (N-methyl/N-ethyl adjacent to an activating group) is 1. The molecular formula is C11H19N5OS. The van der Waals surface area contributed by atoms with Gasteiger partial charge in [0.15, 0.2) is 5.82 Å². The zero-order chi connectivity index (χ0) is 13.1. The highest BCUT2D eigenvalue weighted by molar-refractivity contribution is 7.11. The smallest absolute Gasteiger partial charge is 0.257 e. The molecule has 0 bridgehead atoms. The molecule has 6 nitrogen and oxygen atoms in total. The third-order valence-electron chi connectivity index (χ3n) is 3.13. The predicted octanol–water partition coefficient (Wildman–Crippen LogP) is 0.591. The van der Waals surface area contributed by atoms with Gasteiger partial charge in [0, 0.05) is 19.6 Å². The monoisotopic (exact) mass is 269 g/mol. The lowest BCUT2D eigenvalue weighted by Crippen LogP contribution is -2.39. The van der Waals surface area contributed by atoms with Crippen molar-refractivity contribution in [1.82, 2.24) is 14.6 Å². The lowest BCUT2D eigenvalue weighted by Gasteiger charge is -2.30. The van der Waals surface area contributed by atoms with Gasteiger partial charge in [-0.3, -0.25) is 4.79 Å². The van der Waals surface area contributed by atoms with Crippen LogP contribution >= 0.6 is 11.5 Å². The summed E-state index contributed by atoms with van der Waals surface area (Å²) in [7, 11) is 3.70. The third kappa shape index (κ3) is 2.73. The molecule has 1 aromatic rings. The minimum absolute atomic E-state index is 0.187. The zero-order valence-corrected chi connectivity index (χ0v) is 11.5. The van der Waals surface area contributed by atoms with Gasteiger partial charge in [-0.25, -0.2) is 0 Å². The summed E-state index contributed by atoms with van der Waals surface area (Å²) >= 11 is 1.25. The molecule has 0 saturated carbocycles. The first-order valence-electron chi connectivity index (χ1n) is 6.04. The molecule has 1 aromatic heterocycles. The fraction of sp³-hybridized carbons (Fsp3) is 0.636. The highest BCUT2D eigenvalue weighted by atomic mass is 32.1. The Bertz CT molecular complexity index is 433. The summed E-state index contributed by atoms with van der Waals surface area (Å²) in [5, 5.41) is 6.75. The number of nitrogens with two attached hydrogens (primary N) is 1. The van der Waals surface area contributed by atoms with Gasteiger partial charge in [-0.1, -0.05) is 0 Å². The van der Waals surface area contributed by atoms with Gasteiger partial charge in [0.25, 0.3) is 5.91 Å². The molecular weight excluding hydrogens is 250 g/mol. The van der Waals surface area contributed by atoms with Crippen molar-refractivity contribution < 1.29 is 4.79 Å². The number of nitrogen functional groups attached to an aromatic ring is 1. The molecule has 4 N–H and O–H groups in total. The third-order valence-corrected chi connectivity index (χ3v) is 3.92. The minimum Gasteiger partial charge on any atom is -0.382 e. The van der Waals surface area contributed by atoms with E-state index in [0.717, 1.165) is 30.9 Å². The van der Waals surface area contributed by atoms with E-state index in [2.05, 4.69) is 27.0 Å². The van der Waals surface area contributed by atoms with Crippen molar-refractivity contribution in [3.05, 3.63) is 5.56 Å². The van der Waals surface area contributed by atoms with Gasteiger partial charge in [-0.15, -0.1) is 0 Å². The Balaban J connectivity index is 2.11. The Morgan fingerprint density at radius 3 is 3.06 bits per heavy atom. The molecule has 100 valence electrons. The van der Waals surface area contributed by atoms with Crippen LogP contribution in [-0.2, 0) is 0 Å². The topological polar surface area (TPSA) is 83.3 Å². The Hall–Kier alpha value is -1.34. The summed E-state index contributed by atoms with van der Waals surface area (Å²) in [6.45, 7) is 2.11. The van der Waals surface area contributed by atoms with Crippen LogP contribution in [0.4, 0.5) is 10.8 Å². The molecule has 1 atom stereocenters. The van der Waals surface area contributed by atoms with Crippen LogP contribution in [0.15, 0.2) is 0 Å². The zero-order valence-electron chi connectivity index (χ0n) is 10.7. The van der Waals surface area contributed by atoms with Crippen molar-refractivity contribution >= 4 is 28.3 Å². The number of carbonyl (C=O) groups is 1. The molecule has 7 heteroatoms. The molecule has 0 aliphatic carbocycles. The van der Waals surface area contributed by atoms with Crippen LogP contribution < -0.4 is 16.4 Å². The molecule has 2 rings (SSSR count). The molecule has 1 aliphatic heterocycles. The van der Waals surface area contributed by atoms with Crippen LogP contribution in [0, 0.1) is 0 Å². The Morgan fingerprint density at radius 2 is 2.39 bits per heavy atom. The molecule has 1 unspecified atom stereocenters. The number of nitrogens with zero attached hydrogens (tertiary/aromatic N) is 2. The van der Waals surface area contributed by atoms with E-state index in [4.69, 9.17) is 5.73 Å². The van der Waals surface area contributed by atoms with E-state index in [-0.39, 0.29) is 5.91 Å². The summed E-state index contributed by atoms with van der Waals surface area (Å²) in [6, 6.07) is 0.354. The molecule has 1 amide bonds. The van der Waals surface area contributed by atoms with Crippen LogP contribution in [0.3, 0.4) is 0 Å². The first-order valence-corrected chi connectivity index (χ1v) is 6.81. The average Bonchev–Trinajstić information content (AvgIpc) is 2.70. The van der Waals surface area contributed by atoms with Crippen LogP contribution in [0.25, 0.3) is 0 Å². The van der Waals surface area contributed by atoms with E-state index in [9.17, 15) is 4.79 Å². The molecule has 0 aromatic carbocycles. The Labute approximate surface area is 111 Å². The number of amides is 1. The number of nitrogens with one attached hydrogen (secondary N) is 2. The van der Waals surface area contributed by atoms with Crippen LogP contribution in [0.2, 0.25) is 0 Å². The van der Waals surface area contributed by atoms with E-state index in [1.165, 1.54) is 11.5 Å². The van der Waals surface area contributed by atoms with Crippen molar-refractivity contribution in [2.24, 2.45) is 0 Å². The lowest BCUT2D eigenvalue weighted by atomic mass is 10.1. The quantitative estimate of drug-likeness (QED) is 0.748. The van der Waals surface area contributed by atoms with Crippen LogP contribution in [-0.4, -0.2) is 48.4 Å². The summed E-state index contributed by atoms with van der Waals surface area (Å²) < 4.78 is 4.05.